The van der Waals surface area contributed by atoms with Crippen LogP contribution in [0.15, 0.2) is 60.7 Å². The number of nitrogen functional groups attached to an aromatic ring is 1. The van der Waals surface area contributed by atoms with Crippen LogP contribution < -0.4 is 15.5 Å². The van der Waals surface area contributed by atoms with Gasteiger partial charge in [-0.3, -0.25) is 0 Å². The van der Waals surface area contributed by atoms with Crippen molar-refractivity contribution in [1.82, 2.24) is 19.1 Å². The number of nitrogens with two attached hydrogens (primary N) is 1. The van der Waals surface area contributed by atoms with E-state index in [9.17, 15) is 4.39 Å². The lowest BCUT2D eigenvalue weighted by molar-refractivity contribution is 0.122. The fraction of sp³-hybridized carbons (Fsp3) is 0.316. The molecule has 9 nitrogen and oxygen atoms in total. The molecule has 2 aliphatic heterocycles. The van der Waals surface area contributed by atoms with Crippen LogP contribution in [0.1, 0.15) is 22.8 Å². The second-order valence-electron chi connectivity index (χ2n) is 12.8. The SMILES string of the molecule is Cc1nc2c(F)cc(N3CCOCC3)cc2n1Cc1cccc(Cl)c1Cl.Cc1nc2c(N)cc(N3CCOCC3)cc2n1Cc1cccc(Cl)c1Cl. The van der Waals surface area contributed by atoms with E-state index in [-0.39, 0.29) is 5.82 Å². The first kappa shape index (κ1) is 36.6. The number of fused-ring (bicyclic) bond motifs is 2. The van der Waals surface area contributed by atoms with Gasteiger partial charge < -0.3 is 34.1 Å². The summed E-state index contributed by atoms with van der Waals surface area (Å²) >= 11 is 25.0. The van der Waals surface area contributed by atoms with E-state index in [4.69, 9.17) is 61.6 Å². The Labute approximate surface area is 321 Å². The molecule has 4 aromatic carbocycles. The van der Waals surface area contributed by atoms with Gasteiger partial charge >= 0.3 is 0 Å². The molecule has 52 heavy (non-hydrogen) atoms. The molecule has 8 rings (SSSR count). The monoisotopic (exact) mass is 783 g/mol. The highest BCUT2D eigenvalue weighted by molar-refractivity contribution is 6.43. The third-order valence-corrected chi connectivity index (χ3v) is 11.2. The molecular weight excluding hydrogens is 747 g/mol. The normalized spacial score (nSPS) is 15.0. The summed E-state index contributed by atoms with van der Waals surface area (Å²) in [6.45, 7) is 10.9. The Kier molecular flexibility index (Phi) is 11.0. The van der Waals surface area contributed by atoms with E-state index in [1.165, 1.54) is 0 Å². The Morgan fingerprint density at radius 1 is 0.654 bits per heavy atom. The fourth-order valence-corrected chi connectivity index (χ4v) is 7.48. The van der Waals surface area contributed by atoms with Crippen molar-refractivity contribution in [3.05, 3.63) is 109 Å². The summed E-state index contributed by atoms with van der Waals surface area (Å²) in [5, 5.41) is 2.15. The molecule has 2 N–H and O–H groups in total. The number of halogens is 5. The highest BCUT2D eigenvalue weighted by Gasteiger charge is 2.20. The van der Waals surface area contributed by atoms with Crippen LogP contribution in [-0.4, -0.2) is 71.7 Å². The molecule has 0 atom stereocenters. The number of nitrogens with zero attached hydrogens (tertiary/aromatic N) is 6. The molecule has 2 saturated heterocycles. The molecule has 0 saturated carbocycles. The van der Waals surface area contributed by atoms with Crippen molar-refractivity contribution in [2.24, 2.45) is 0 Å². The lowest BCUT2D eigenvalue weighted by atomic mass is 10.2. The fourth-order valence-electron chi connectivity index (χ4n) is 6.72. The molecular formula is C38H38Cl4FN7O2. The summed E-state index contributed by atoms with van der Waals surface area (Å²) in [4.78, 5) is 13.5. The van der Waals surface area contributed by atoms with Gasteiger partial charge in [0.05, 0.1) is 76.3 Å². The molecule has 0 bridgehead atoms. The van der Waals surface area contributed by atoms with Crippen molar-refractivity contribution in [3.63, 3.8) is 0 Å². The number of aryl methyl sites for hydroxylation is 2. The van der Waals surface area contributed by atoms with E-state index in [0.717, 1.165) is 90.1 Å². The lowest BCUT2D eigenvalue weighted by Gasteiger charge is -2.29. The minimum absolute atomic E-state index is 0.317. The van der Waals surface area contributed by atoms with Crippen molar-refractivity contribution < 1.29 is 13.9 Å². The van der Waals surface area contributed by atoms with Crippen molar-refractivity contribution in [1.29, 1.82) is 0 Å². The van der Waals surface area contributed by atoms with Gasteiger partial charge in [-0.2, -0.15) is 0 Å². The molecule has 0 spiro atoms. The van der Waals surface area contributed by atoms with Crippen LogP contribution in [0.2, 0.25) is 20.1 Å². The van der Waals surface area contributed by atoms with Gasteiger partial charge in [-0.05, 0) is 61.4 Å². The third-order valence-electron chi connectivity index (χ3n) is 9.51. The highest BCUT2D eigenvalue weighted by atomic mass is 35.5. The number of hydrogen-bond acceptors (Lipinski definition) is 7. The first-order valence-corrected chi connectivity index (χ1v) is 18.5. The molecule has 2 aliphatic rings. The van der Waals surface area contributed by atoms with Gasteiger partial charge in [-0.15, -0.1) is 0 Å². The van der Waals surface area contributed by atoms with E-state index in [0.29, 0.717) is 57.6 Å². The quantitative estimate of drug-likeness (QED) is 0.169. The number of imidazole rings is 2. The number of rotatable bonds is 6. The smallest absolute Gasteiger partial charge is 0.153 e. The van der Waals surface area contributed by atoms with Gasteiger partial charge in [0, 0.05) is 37.6 Å². The minimum atomic E-state index is -0.317. The van der Waals surface area contributed by atoms with Gasteiger partial charge in [-0.25, -0.2) is 14.4 Å². The third kappa shape index (κ3) is 7.51. The van der Waals surface area contributed by atoms with Crippen molar-refractivity contribution >= 4 is 85.5 Å². The van der Waals surface area contributed by atoms with E-state index in [1.54, 1.807) is 18.2 Å². The van der Waals surface area contributed by atoms with Crippen LogP contribution in [0, 0.1) is 19.7 Å². The summed E-state index contributed by atoms with van der Waals surface area (Å²) in [7, 11) is 0. The van der Waals surface area contributed by atoms with Crippen LogP contribution >= 0.6 is 46.4 Å². The van der Waals surface area contributed by atoms with Crippen LogP contribution in [-0.2, 0) is 22.6 Å². The first-order valence-electron chi connectivity index (χ1n) is 17.0. The second kappa shape index (κ2) is 15.7. The van der Waals surface area contributed by atoms with Crippen LogP contribution in [0.25, 0.3) is 22.1 Å². The number of hydrogen-bond donors (Lipinski definition) is 1. The molecule has 2 fully saturated rings. The van der Waals surface area contributed by atoms with Gasteiger partial charge in [0.25, 0.3) is 0 Å². The molecule has 14 heteroatoms. The molecule has 272 valence electrons. The maximum Gasteiger partial charge on any atom is 0.153 e. The summed E-state index contributed by atoms with van der Waals surface area (Å²) in [6.07, 6.45) is 0. The average molecular weight is 786 g/mol. The predicted molar refractivity (Wildman–Crippen MR) is 211 cm³/mol. The molecule has 6 aromatic rings. The molecule has 2 aromatic heterocycles. The zero-order valence-electron chi connectivity index (χ0n) is 28.8. The Balaban J connectivity index is 0.000000162. The average Bonchev–Trinajstić information content (AvgIpc) is 3.64. The molecule has 0 aliphatic carbocycles. The Morgan fingerprint density at radius 2 is 1.10 bits per heavy atom. The summed E-state index contributed by atoms with van der Waals surface area (Å²) in [5.41, 5.74) is 13.7. The maximum atomic E-state index is 14.7. The molecule has 0 amide bonds. The van der Waals surface area contributed by atoms with Gasteiger partial charge in [-0.1, -0.05) is 70.7 Å². The summed E-state index contributed by atoms with van der Waals surface area (Å²) < 4.78 is 29.6. The second-order valence-corrected chi connectivity index (χ2v) is 14.4. The highest BCUT2D eigenvalue weighted by Crippen LogP contribution is 2.33. The van der Waals surface area contributed by atoms with Gasteiger partial charge in [0.15, 0.2) is 5.82 Å². The summed E-state index contributed by atoms with van der Waals surface area (Å²) in [6, 6.07) is 18.9. The zero-order chi connectivity index (χ0) is 36.5. The van der Waals surface area contributed by atoms with Crippen molar-refractivity contribution in [2.45, 2.75) is 26.9 Å². The molecule has 0 unspecified atom stereocenters. The first-order chi connectivity index (χ1) is 25.1. The number of benzene rings is 4. The van der Waals surface area contributed by atoms with Crippen molar-refractivity contribution in [3.8, 4) is 0 Å². The standard InChI is InChI=1S/C19H18Cl2FN3O.C19H20Cl2N4O/c2*1-12-23-19-16(22)9-14(24-5-7-26-8-6-24)10-17(19)25(12)11-13-3-2-4-15(20)18(13)21/h2-4,9-10H,5-8,11H2,1H3;2-4,9-10H,5-8,11,22H2,1H3. The zero-order valence-corrected chi connectivity index (χ0v) is 31.8. The minimum Gasteiger partial charge on any atom is -0.397 e. The molecule has 4 heterocycles. The van der Waals surface area contributed by atoms with Gasteiger partial charge in [0.1, 0.15) is 22.7 Å². The van der Waals surface area contributed by atoms with E-state index in [1.807, 2.05) is 54.8 Å². The van der Waals surface area contributed by atoms with Crippen molar-refractivity contribution in [2.75, 3.05) is 68.1 Å². The lowest BCUT2D eigenvalue weighted by Crippen LogP contribution is -2.36. The van der Waals surface area contributed by atoms with E-state index >= 15 is 0 Å². The van der Waals surface area contributed by atoms with Gasteiger partial charge in [0.2, 0.25) is 0 Å². The number of aromatic nitrogens is 4. The predicted octanol–water partition coefficient (Wildman–Crippen LogP) is 8.79. The number of ether oxygens (including phenoxy) is 2. The topological polar surface area (TPSA) is 86.6 Å². The van der Waals surface area contributed by atoms with Crippen LogP contribution in [0.3, 0.4) is 0 Å². The van der Waals surface area contributed by atoms with Crippen LogP contribution in [0.5, 0.6) is 0 Å². The maximum absolute atomic E-state index is 14.7. The number of anilines is 3. The number of morpholine rings is 2. The van der Waals surface area contributed by atoms with E-state index in [2.05, 4.69) is 30.4 Å². The Hall–Kier alpha value is -3.77. The molecule has 0 radical (unpaired) electrons. The Bertz CT molecular complexity index is 2090. The van der Waals surface area contributed by atoms with Crippen LogP contribution in [0.4, 0.5) is 21.5 Å². The summed E-state index contributed by atoms with van der Waals surface area (Å²) in [5.74, 6) is 1.30. The van der Waals surface area contributed by atoms with E-state index < -0.39 is 0 Å². The Morgan fingerprint density at radius 3 is 1.60 bits per heavy atom. The largest absolute Gasteiger partial charge is 0.397 e.